The normalized spacial score (nSPS) is 10.0. The smallest absolute Gasteiger partial charge is 0.300 e. The first-order valence-corrected chi connectivity index (χ1v) is 21.4. The van der Waals surface area contributed by atoms with Crippen molar-refractivity contribution in [1.29, 1.82) is 0 Å². The number of hydrogen-bond donors (Lipinski definition) is 5. The molecular weight excluding hydrogens is 1010 g/mol. The van der Waals surface area contributed by atoms with Gasteiger partial charge in [-0.25, -0.2) is 0 Å². The Morgan fingerprint density at radius 3 is 0.841 bits per heavy atom. The second kappa shape index (κ2) is 24.0. The molecule has 6 N–H and O–H groups in total. The Morgan fingerprint density at radius 1 is 0.413 bits per heavy atom. The number of hydrogen-bond acceptors (Lipinski definition) is 5. The number of halogens is 2. The third-order valence-corrected chi connectivity index (χ3v) is 11.2. The van der Waals surface area contributed by atoms with Crippen LogP contribution in [-0.2, 0) is 30.0 Å². The fraction of sp³-hybridized carbons (Fsp3) is 0.0943. The topological polar surface area (TPSA) is 125 Å². The molecule has 9 rings (SSSR count). The zero-order valence-electron chi connectivity index (χ0n) is 35.5. The van der Waals surface area contributed by atoms with Crippen molar-refractivity contribution in [1.82, 2.24) is 0 Å². The van der Waals surface area contributed by atoms with Crippen LogP contribution in [0, 0.1) is 20.8 Å². The van der Waals surface area contributed by atoms with Gasteiger partial charge in [-0.3, -0.25) is 9.59 Å². The van der Waals surface area contributed by atoms with Crippen LogP contribution >= 0.6 is 31.9 Å². The Balaban J connectivity index is 0.000000219. The van der Waals surface area contributed by atoms with Crippen LogP contribution in [0.25, 0.3) is 43.1 Å². The summed E-state index contributed by atoms with van der Waals surface area (Å²) in [6.07, 6.45) is 0. The summed E-state index contributed by atoms with van der Waals surface area (Å²) in [4.78, 5) is 18.0. The van der Waals surface area contributed by atoms with Gasteiger partial charge in [-0.15, -0.1) is 0 Å². The molecule has 0 heterocycles. The van der Waals surface area contributed by atoms with Gasteiger partial charge >= 0.3 is 0 Å². The van der Waals surface area contributed by atoms with Gasteiger partial charge in [-0.1, -0.05) is 150 Å². The molecule has 0 aromatic heterocycles. The summed E-state index contributed by atoms with van der Waals surface area (Å²) in [5.74, 6) is -1.67. The molecule has 0 atom stereocenters. The van der Waals surface area contributed by atoms with E-state index < -0.39 is 11.9 Å². The second-order valence-corrected chi connectivity index (χ2v) is 16.1. The minimum atomic E-state index is -0.833. The number of aryl methyl sites for hydroxylation is 3. The number of carboxylic acid groups (broad SMARTS) is 2. The molecule has 7 nitrogen and oxygen atoms in total. The molecule has 9 aromatic carbocycles. The van der Waals surface area contributed by atoms with Crippen molar-refractivity contribution < 1.29 is 40.2 Å². The van der Waals surface area contributed by atoms with Gasteiger partial charge in [0.25, 0.3) is 11.9 Å². The van der Waals surface area contributed by atoms with Gasteiger partial charge in [-0.05, 0) is 111 Å². The predicted molar refractivity (Wildman–Crippen MR) is 269 cm³/mol. The van der Waals surface area contributed by atoms with E-state index >= 15 is 0 Å². The molecule has 0 aliphatic heterocycles. The monoisotopic (exact) mass is 1060 g/mol. The number of nitrogens with two attached hydrogens (primary N) is 1. The van der Waals surface area contributed by atoms with Crippen LogP contribution in [0.1, 0.15) is 30.5 Å². The van der Waals surface area contributed by atoms with E-state index in [1.165, 1.54) is 68.7 Å². The third kappa shape index (κ3) is 14.0. The summed E-state index contributed by atoms with van der Waals surface area (Å²) in [5.41, 5.74) is 14.5. The minimum absolute atomic E-state index is 0. The molecule has 0 aliphatic carbocycles. The number of nitrogen functional groups attached to an aromatic ring is 1. The summed E-state index contributed by atoms with van der Waals surface area (Å²) < 4.78 is 2.34. The number of benzene rings is 9. The van der Waals surface area contributed by atoms with Crippen molar-refractivity contribution in [3.63, 3.8) is 0 Å². The first-order chi connectivity index (χ1) is 29.7. The van der Waals surface area contributed by atoms with Gasteiger partial charge in [-0.2, -0.15) is 0 Å². The predicted octanol–water partition coefficient (Wildman–Crippen LogP) is 15.4. The average molecular weight is 1060 g/mol. The molecular formula is C53H49Br2N3O4Pd. The first-order valence-electron chi connectivity index (χ1n) is 19.8. The fourth-order valence-corrected chi connectivity index (χ4v) is 7.93. The van der Waals surface area contributed by atoms with E-state index in [4.69, 9.17) is 25.5 Å². The van der Waals surface area contributed by atoms with E-state index in [0.717, 1.165) is 42.3 Å². The van der Waals surface area contributed by atoms with Crippen LogP contribution in [0.2, 0.25) is 0 Å². The van der Waals surface area contributed by atoms with Crippen LogP contribution in [-0.4, -0.2) is 22.2 Å². The maximum Gasteiger partial charge on any atom is 0.300 e. The molecule has 0 bridgehead atoms. The molecule has 0 saturated heterocycles. The third-order valence-electron chi connectivity index (χ3n) is 9.45. The standard InChI is InChI=1S/C28H24N2.C14H8Br2.C7H9N.2C2H4O2.Pd/c1-19-11-15-21(16-12-19)29-27-23-7-3-5-9-25(23)28(26-10-6-4-8-24(26)27)30-22-17-13-20(2)14-18-22;15-13-9-5-1-2-6-10(9)14(16)12-8-4-3-7-11(12)13;1-6-2-4-7(8)5-3-6;2*1-2(3)4;/h3-18,29-30H,1-2H3;1-8H;2-5H,8H2,1H3;2*1H3,(H,3,4);. The molecule has 63 heavy (non-hydrogen) atoms. The second-order valence-electron chi connectivity index (χ2n) is 14.5. The van der Waals surface area contributed by atoms with E-state index in [-0.39, 0.29) is 20.4 Å². The molecule has 0 aliphatic rings. The Labute approximate surface area is 399 Å². The van der Waals surface area contributed by atoms with Crippen LogP contribution in [0.5, 0.6) is 0 Å². The van der Waals surface area contributed by atoms with E-state index in [9.17, 15) is 0 Å². The summed E-state index contributed by atoms with van der Waals surface area (Å²) in [5, 5.41) is 32.0. The summed E-state index contributed by atoms with van der Waals surface area (Å²) in [6, 6.07) is 58.9. The van der Waals surface area contributed by atoms with Crippen molar-refractivity contribution in [2.45, 2.75) is 34.6 Å². The number of anilines is 5. The van der Waals surface area contributed by atoms with E-state index in [1.807, 2.05) is 31.2 Å². The van der Waals surface area contributed by atoms with Crippen LogP contribution in [0.3, 0.4) is 0 Å². The van der Waals surface area contributed by atoms with Crippen molar-refractivity contribution in [3.8, 4) is 0 Å². The van der Waals surface area contributed by atoms with Crippen LogP contribution in [0.4, 0.5) is 28.4 Å². The molecule has 0 fully saturated rings. The van der Waals surface area contributed by atoms with Crippen molar-refractivity contribution in [2.24, 2.45) is 0 Å². The van der Waals surface area contributed by atoms with Crippen molar-refractivity contribution in [3.05, 3.63) is 195 Å². The van der Waals surface area contributed by atoms with Gasteiger partial charge in [0.1, 0.15) is 0 Å². The number of carbonyl (C=O) groups is 2. The zero-order valence-corrected chi connectivity index (χ0v) is 40.3. The quantitative estimate of drug-likeness (QED) is 0.0515. The molecule has 0 spiro atoms. The first kappa shape index (κ1) is 49.6. The number of rotatable bonds is 4. The zero-order chi connectivity index (χ0) is 44.8. The number of fused-ring (bicyclic) bond motifs is 4. The summed E-state index contributed by atoms with van der Waals surface area (Å²) in [7, 11) is 0. The molecule has 0 saturated carbocycles. The maximum atomic E-state index is 9.00. The van der Waals surface area contributed by atoms with Gasteiger partial charge in [0.15, 0.2) is 0 Å². The summed E-state index contributed by atoms with van der Waals surface area (Å²) in [6.45, 7) is 8.43. The molecule has 0 amide bonds. The van der Waals surface area contributed by atoms with Crippen molar-refractivity contribution >= 4 is 115 Å². The largest absolute Gasteiger partial charge is 0.481 e. The van der Waals surface area contributed by atoms with Gasteiger partial charge in [0.2, 0.25) is 0 Å². The van der Waals surface area contributed by atoms with E-state index in [2.05, 4.69) is 202 Å². The van der Waals surface area contributed by atoms with Gasteiger partial charge in [0.05, 0.1) is 11.4 Å². The molecule has 0 radical (unpaired) electrons. The Bertz CT molecular complexity index is 2620. The SMILES string of the molecule is Brc1c2ccccc2c(Br)c2ccccc12.CC(=O)O.CC(=O)O.Cc1ccc(N)cc1.Cc1ccc(Nc2c3ccccc3c(Nc3ccc(C)cc3)c3ccccc23)cc1.[Pd]. The minimum Gasteiger partial charge on any atom is -0.481 e. The number of carboxylic acids is 2. The Hall–Kier alpha value is -6.02. The van der Waals surface area contributed by atoms with Gasteiger partial charge < -0.3 is 26.6 Å². The van der Waals surface area contributed by atoms with Crippen LogP contribution in [0.15, 0.2) is 179 Å². The molecule has 0 unspecified atom stereocenters. The Kier molecular flexibility index (Phi) is 18.9. The average Bonchev–Trinajstić information content (AvgIpc) is 3.26. The van der Waals surface area contributed by atoms with E-state index in [1.54, 1.807) is 0 Å². The number of nitrogens with one attached hydrogen (secondary N) is 2. The molecule has 10 heteroatoms. The number of aliphatic carboxylic acids is 2. The molecule has 9 aromatic rings. The maximum absolute atomic E-state index is 9.00. The van der Waals surface area contributed by atoms with Gasteiger partial charge in [0, 0.05) is 81.8 Å². The van der Waals surface area contributed by atoms with E-state index in [0.29, 0.717) is 0 Å². The van der Waals surface area contributed by atoms with Crippen molar-refractivity contribution in [2.75, 3.05) is 16.4 Å². The Morgan fingerprint density at radius 2 is 0.619 bits per heavy atom. The van der Waals surface area contributed by atoms with Crippen LogP contribution < -0.4 is 16.4 Å². The molecule has 324 valence electrons. The summed E-state index contributed by atoms with van der Waals surface area (Å²) >= 11 is 7.39. The fourth-order valence-electron chi connectivity index (χ4n) is 6.55.